The molecule has 0 radical (unpaired) electrons. The molecule has 4 heterocycles. The van der Waals surface area contributed by atoms with Crippen LogP contribution in [-0.4, -0.2) is 73.6 Å². The lowest BCUT2D eigenvalue weighted by Crippen LogP contribution is -2.51. The number of likely N-dealkylation sites (tertiary alicyclic amines) is 2. The fourth-order valence-electron chi connectivity index (χ4n) is 7.57. The number of anilines is 1. The topological polar surface area (TPSA) is 163 Å². The summed E-state index contributed by atoms with van der Waals surface area (Å²) in [7, 11) is 0. The first-order chi connectivity index (χ1) is 25.0. The number of nitrogens with zero attached hydrogens (tertiary/aromatic N) is 5. The molecule has 3 aromatic rings. The van der Waals surface area contributed by atoms with Gasteiger partial charge in [0.15, 0.2) is 0 Å². The fraction of sp³-hybridized carbons (Fsp3) is 0.513. The Hall–Kier alpha value is -4.91. The molecule has 0 bridgehead atoms. The predicted octanol–water partition coefficient (Wildman–Crippen LogP) is 6.19. The van der Waals surface area contributed by atoms with Crippen LogP contribution in [0.1, 0.15) is 95.9 Å². The van der Waals surface area contributed by atoms with Crippen LogP contribution in [0.2, 0.25) is 0 Å². The van der Waals surface area contributed by atoms with Crippen LogP contribution in [0.25, 0.3) is 0 Å². The van der Waals surface area contributed by atoms with Gasteiger partial charge in [0, 0.05) is 30.5 Å². The van der Waals surface area contributed by atoms with Gasteiger partial charge in [-0.1, -0.05) is 38.1 Å². The van der Waals surface area contributed by atoms with Gasteiger partial charge < -0.3 is 30.6 Å². The summed E-state index contributed by atoms with van der Waals surface area (Å²) in [4.78, 5) is 18.1. The molecule has 52 heavy (non-hydrogen) atoms. The molecule has 2 unspecified atom stereocenters. The highest BCUT2D eigenvalue weighted by molar-refractivity contribution is 5.95. The number of rotatable bonds is 11. The van der Waals surface area contributed by atoms with E-state index in [0.717, 1.165) is 62.3 Å². The average molecular weight is 710 g/mol. The van der Waals surface area contributed by atoms with Gasteiger partial charge in [-0.25, -0.2) is 4.79 Å². The van der Waals surface area contributed by atoms with E-state index in [0.29, 0.717) is 36.1 Å². The smallest absolute Gasteiger partial charge is 0.320 e. The van der Waals surface area contributed by atoms with Gasteiger partial charge in [0.25, 0.3) is 0 Å². The van der Waals surface area contributed by atoms with E-state index in [1.807, 2.05) is 49.0 Å². The number of amides is 2. The number of pyridine rings is 1. The van der Waals surface area contributed by atoms with Crippen LogP contribution in [0.4, 0.5) is 10.5 Å². The lowest BCUT2D eigenvalue weighted by atomic mass is 9.85. The Morgan fingerprint density at radius 3 is 2.42 bits per heavy atom. The molecule has 2 aliphatic heterocycles. The van der Waals surface area contributed by atoms with Gasteiger partial charge in [0.1, 0.15) is 23.2 Å². The molecule has 3 aliphatic rings. The summed E-state index contributed by atoms with van der Waals surface area (Å²) >= 11 is 0. The van der Waals surface area contributed by atoms with Gasteiger partial charge >= 0.3 is 6.03 Å². The molecule has 2 saturated heterocycles. The van der Waals surface area contributed by atoms with Gasteiger partial charge in [-0.3, -0.25) is 25.4 Å². The number of nitrogens with one attached hydrogen (secondary N) is 6. The number of benzene rings is 1. The monoisotopic (exact) mass is 709 g/mol. The Bertz CT molecular complexity index is 1810. The zero-order chi connectivity index (χ0) is 36.8. The summed E-state index contributed by atoms with van der Waals surface area (Å²) in [6.45, 7) is 12.2. The third-order valence-electron chi connectivity index (χ3n) is 10.5. The molecule has 1 aromatic carbocycles. The molecule has 13 heteroatoms. The van der Waals surface area contributed by atoms with Crippen molar-refractivity contribution in [3.8, 4) is 5.75 Å². The van der Waals surface area contributed by atoms with Crippen molar-refractivity contribution in [2.45, 2.75) is 103 Å². The average Bonchev–Trinajstić information content (AvgIpc) is 3.81. The van der Waals surface area contributed by atoms with Gasteiger partial charge in [-0.2, -0.15) is 5.10 Å². The number of hydrogen-bond donors (Lipinski definition) is 6. The molecule has 6 N–H and O–H groups in total. The zero-order valence-electron chi connectivity index (χ0n) is 31.0. The number of carbonyl (C=O) groups excluding carboxylic acids is 1. The second-order valence-electron chi connectivity index (χ2n) is 14.8. The van der Waals surface area contributed by atoms with Gasteiger partial charge in [-0.05, 0) is 107 Å². The summed E-state index contributed by atoms with van der Waals surface area (Å²) in [6.07, 6.45) is 13.9. The van der Waals surface area contributed by atoms with E-state index in [4.69, 9.17) is 21.0 Å². The molecule has 1 aliphatic carbocycles. The van der Waals surface area contributed by atoms with Crippen molar-refractivity contribution in [2.24, 2.45) is 5.92 Å². The Balaban J connectivity index is 1.12. The van der Waals surface area contributed by atoms with Crippen molar-refractivity contribution in [1.29, 1.82) is 16.2 Å². The summed E-state index contributed by atoms with van der Waals surface area (Å²) in [5, 5.41) is 40.0. The van der Waals surface area contributed by atoms with Crippen molar-refractivity contribution in [3.05, 3.63) is 83.5 Å². The predicted molar refractivity (Wildman–Crippen MR) is 204 cm³/mol. The Morgan fingerprint density at radius 2 is 1.69 bits per heavy atom. The standard InChI is InChI=1S/C39H55N11O2/c1-26(2)33(40)22-37(44-29-23-43-48(24-29)21-20-47-18-7-8-19-47)46-39(51)45-34-15-16-35(32-13-6-5-12-31(32)34)52-30-14-17-36(41)49(25-30)38(42)50-27(3)10-9-11-28(50)4/h5-6,12-14,17,22-28,34-35,40-42,44H,7-11,15-16,18-21H2,1-4H3,(H2,45,46,51)/b37-22+,40-33?,41-36?,42-38?/t27-,28+,34?,35?. The van der Waals surface area contributed by atoms with Crippen molar-refractivity contribution in [1.82, 2.24) is 34.8 Å². The summed E-state index contributed by atoms with van der Waals surface area (Å²) in [5.41, 5.74) is 3.34. The first kappa shape index (κ1) is 36.9. The molecule has 4 atom stereocenters. The summed E-state index contributed by atoms with van der Waals surface area (Å²) < 4.78 is 10.1. The van der Waals surface area contributed by atoms with E-state index in [1.54, 1.807) is 35.2 Å². The molecule has 0 spiro atoms. The van der Waals surface area contributed by atoms with E-state index in [9.17, 15) is 4.79 Å². The molecule has 0 saturated carbocycles. The van der Waals surface area contributed by atoms with E-state index in [1.165, 1.54) is 12.8 Å². The largest absolute Gasteiger partial charge is 0.484 e. The number of aromatic nitrogens is 3. The number of allylic oxidation sites excluding steroid dienone is 1. The normalized spacial score (nSPS) is 22.2. The third-order valence-corrected chi connectivity index (χ3v) is 10.5. The highest BCUT2D eigenvalue weighted by Crippen LogP contribution is 2.38. The number of carbonyl (C=O) groups is 1. The van der Waals surface area contributed by atoms with Crippen molar-refractivity contribution in [2.75, 3.05) is 25.0 Å². The first-order valence-corrected chi connectivity index (χ1v) is 18.8. The van der Waals surface area contributed by atoms with Crippen LogP contribution in [0.3, 0.4) is 0 Å². The first-order valence-electron chi connectivity index (χ1n) is 18.8. The molecule has 13 nitrogen and oxygen atoms in total. The van der Waals surface area contributed by atoms with Crippen LogP contribution in [0.5, 0.6) is 5.75 Å². The second kappa shape index (κ2) is 16.6. The molecule has 2 amide bonds. The lowest BCUT2D eigenvalue weighted by Gasteiger charge is -2.41. The van der Waals surface area contributed by atoms with Crippen LogP contribution in [0, 0.1) is 22.1 Å². The summed E-state index contributed by atoms with van der Waals surface area (Å²) in [6, 6.07) is 11.3. The molecular weight excluding hydrogens is 655 g/mol. The number of piperidine rings is 1. The van der Waals surface area contributed by atoms with Gasteiger partial charge in [0.05, 0.1) is 30.7 Å². The molecule has 2 aromatic heterocycles. The second-order valence-corrected chi connectivity index (χ2v) is 14.8. The fourth-order valence-corrected chi connectivity index (χ4v) is 7.57. The Morgan fingerprint density at radius 1 is 0.962 bits per heavy atom. The van der Waals surface area contributed by atoms with E-state index >= 15 is 0 Å². The van der Waals surface area contributed by atoms with Crippen LogP contribution in [-0.2, 0) is 6.54 Å². The Labute approximate surface area is 306 Å². The van der Waals surface area contributed by atoms with Gasteiger partial charge in [-0.15, -0.1) is 0 Å². The van der Waals surface area contributed by atoms with Crippen molar-refractivity contribution >= 4 is 23.4 Å². The Kier molecular flexibility index (Phi) is 11.8. The van der Waals surface area contributed by atoms with Crippen molar-refractivity contribution < 1.29 is 9.53 Å². The minimum Gasteiger partial charge on any atom is -0.484 e. The maximum Gasteiger partial charge on any atom is 0.320 e. The maximum atomic E-state index is 13.5. The minimum absolute atomic E-state index is 0.0127. The van der Waals surface area contributed by atoms with E-state index in [-0.39, 0.29) is 41.7 Å². The highest BCUT2D eigenvalue weighted by Gasteiger charge is 2.31. The third kappa shape index (κ3) is 8.93. The van der Waals surface area contributed by atoms with E-state index in [2.05, 4.69) is 44.7 Å². The van der Waals surface area contributed by atoms with E-state index < -0.39 is 0 Å². The molecule has 2 fully saturated rings. The SMILES string of the molecule is CC(C)C(=N)/C=C(/NC(=O)NC1CCC(Oc2ccc(=N)n(C(=N)N3[C@H](C)CCC[C@@H]3C)c2)c2ccccc21)Nc1cnn(CCN2CCCC2)c1. The van der Waals surface area contributed by atoms with Crippen molar-refractivity contribution in [3.63, 3.8) is 0 Å². The maximum absolute atomic E-state index is 13.5. The molecule has 6 rings (SSSR count). The number of urea groups is 1. The molecular formula is C39H55N11O2. The quantitative estimate of drug-likeness (QED) is 0.103. The molecule has 278 valence electrons. The van der Waals surface area contributed by atoms with Crippen LogP contribution < -0.4 is 26.2 Å². The lowest BCUT2D eigenvalue weighted by molar-refractivity contribution is 0.169. The highest BCUT2D eigenvalue weighted by atomic mass is 16.5. The van der Waals surface area contributed by atoms with Gasteiger partial charge in [0.2, 0.25) is 5.96 Å². The van der Waals surface area contributed by atoms with Crippen LogP contribution >= 0.6 is 0 Å². The zero-order valence-corrected chi connectivity index (χ0v) is 31.0. The van der Waals surface area contributed by atoms with Crippen LogP contribution in [0.15, 0.2) is 66.9 Å². The summed E-state index contributed by atoms with van der Waals surface area (Å²) in [5.74, 6) is 1.29. The number of hydrogen-bond acceptors (Lipinski definition) is 8. The minimum atomic E-state index is -0.373. The number of fused-ring (bicyclic) bond motifs is 1. The number of ether oxygens (including phenoxy) is 1.